The largest absolute Gasteiger partial charge is 0.379 e. The van der Waals surface area contributed by atoms with Crippen LogP contribution in [0.5, 0.6) is 0 Å². The minimum Gasteiger partial charge on any atom is -0.379 e. The smallest absolute Gasteiger partial charge is 0.255 e. The molecule has 2 heterocycles. The van der Waals surface area contributed by atoms with Gasteiger partial charge in [-0.25, -0.2) is 8.42 Å². The Morgan fingerprint density at radius 3 is 2.53 bits per heavy atom. The standard InChI is InChI=1S/C22H25N3O5S2/c1-16-7-8-18(32(28,29)24-9-11-30-12-10-24)13-19(16)23-21(26)20-14-31-15-25(20)22(27)17-5-3-2-4-6-17/h2-8,13,20H,9-12,14-15H2,1H3,(H,23,26)/t20-/m0/s1. The van der Waals surface area contributed by atoms with Crippen LogP contribution in [-0.2, 0) is 19.6 Å². The van der Waals surface area contributed by atoms with Crippen LogP contribution in [0.15, 0.2) is 53.4 Å². The quantitative estimate of drug-likeness (QED) is 0.712. The number of carbonyl (C=O) groups is 2. The summed E-state index contributed by atoms with van der Waals surface area (Å²) in [7, 11) is -3.68. The molecular weight excluding hydrogens is 450 g/mol. The zero-order valence-electron chi connectivity index (χ0n) is 17.7. The summed E-state index contributed by atoms with van der Waals surface area (Å²) in [4.78, 5) is 27.6. The van der Waals surface area contributed by atoms with E-state index in [1.54, 1.807) is 48.2 Å². The fourth-order valence-electron chi connectivity index (χ4n) is 3.65. The summed E-state index contributed by atoms with van der Waals surface area (Å²) in [6.45, 7) is 3.12. The molecule has 4 rings (SSSR count). The van der Waals surface area contributed by atoms with Crippen molar-refractivity contribution in [3.05, 3.63) is 59.7 Å². The van der Waals surface area contributed by atoms with Gasteiger partial charge in [0.1, 0.15) is 6.04 Å². The van der Waals surface area contributed by atoms with Crippen molar-refractivity contribution in [2.45, 2.75) is 17.9 Å². The van der Waals surface area contributed by atoms with Crippen LogP contribution in [-0.4, -0.2) is 73.4 Å². The summed E-state index contributed by atoms with van der Waals surface area (Å²) in [5.74, 6) is 0.380. The van der Waals surface area contributed by atoms with Crippen LogP contribution in [0.3, 0.4) is 0 Å². The summed E-state index contributed by atoms with van der Waals surface area (Å²) in [6, 6.07) is 12.9. The van der Waals surface area contributed by atoms with Crippen molar-refractivity contribution in [3.63, 3.8) is 0 Å². The van der Waals surface area contributed by atoms with Gasteiger partial charge in [-0.1, -0.05) is 24.3 Å². The Morgan fingerprint density at radius 1 is 1.09 bits per heavy atom. The maximum atomic E-state index is 13.1. The number of hydrogen-bond acceptors (Lipinski definition) is 6. The molecule has 1 atom stereocenters. The number of benzene rings is 2. The Hall–Kier alpha value is -2.40. The fourth-order valence-corrected chi connectivity index (χ4v) is 6.24. The summed E-state index contributed by atoms with van der Waals surface area (Å²) < 4.78 is 32.6. The molecular formula is C22H25N3O5S2. The molecule has 170 valence electrons. The lowest BCUT2D eigenvalue weighted by Gasteiger charge is -2.26. The normalized spacial score (nSPS) is 19.7. The van der Waals surface area contributed by atoms with E-state index in [1.165, 1.54) is 22.1 Å². The van der Waals surface area contributed by atoms with Crippen LogP contribution < -0.4 is 5.32 Å². The zero-order valence-corrected chi connectivity index (χ0v) is 19.3. The highest BCUT2D eigenvalue weighted by molar-refractivity contribution is 7.99. The average Bonchev–Trinajstić information content (AvgIpc) is 3.31. The predicted molar refractivity (Wildman–Crippen MR) is 123 cm³/mol. The van der Waals surface area contributed by atoms with Crippen molar-refractivity contribution < 1.29 is 22.7 Å². The molecule has 0 saturated carbocycles. The van der Waals surface area contributed by atoms with Gasteiger partial charge in [0.15, 0.2) is 0 Å². The molecule has 0 bridgehead atoms. The first-order valence-corrected chi connectivity index (χ1v) is 12.9. The Kier molecular flexibility index (Phi) is 6.85. The molecule has 0 aliphatic carbocycles. The van der Waals surface area contributed by atoms with Crippen molar-refractivity contribution in [2.75, 3.05) is 43.2 Å². The molecule has 0 spiro atoms. The van der Waals surface area contributed by atoms with Gasteiger partial charge in [0, 0.05) is 30.1 Å². The lowest BCUT2D eigenvalue weighted by atomic mass is 10.1. The third kappa shape index (κ3) is 4.68. The van der Waals surface area contributed by atoms with E-state index in [4.69, 9.17) is 4.74 Å². The molecule has 2 aliphatic rings. The number of nitrogens with zero attached hydrogens (tertiary/aromatic N) is 2. The van der Waals surface area contributed by atoms with Crippen LogP contribution in [0.4, 0.5) is 5.69 Å². The van der Waals surface area contributed by atoms with Gasteiger partial charge in [-0.2, -0.15) is 4.31 Å². The van der Waals surface area contributed by atoms with E-state index in [0.717, 1.165) is 5.56 Å². The number of aryl methyl sites for hydroxylation is 1. The summed E-state index contributed by atoms with van der Waals surface area (Å²) in [5, 5.41) is 2.85. The summed E-state index contributed by atoms with van der Waals surface area (Å²) in [6.07, 6.45) is 0. The van der Waals surface area contributed by atoms with E-state index in [1.807, 2.05) is 6.07 Å². The van der Waals surface area contributed by atoms with Crippen molar-refractivity contribution in [3.8, 4) is 0 Å². The summed E-state index contributed by atoms with van der Waals surface area (Å²) in [5.41, 5.74) is 1.70. The highest BCUT2D eigenvalue weighted by Gasteiger charge is 2.35. The Labute approximate surface area is 192 Å². The van der Waals surface area contributed by atoms with Crippen molar-refractivity contribution in [1.29, 1.82) is 0 Å². The molecule has 2 amide bonds. The first kappa shape index (κ1) is 22.8. The number of nitrogens with one attached hydrogen (secondary N) is 1. The number of sulfonamides is 1. The van der Waals surface area contributed by atoms with E-state index in [-0.39, 0.29) is 16.7 Å². The van der Waals surface area contributed by atoms with Crippen molar-refractivity contribution in [1.82, 2.24) is 9.21 Å². The van der Waals surface area contributed by atoms with Gasteiger partial charge in [0.2, 0.25) is 15.9 Å². The minimum atomic E-state index is -3.68. The van der Waals surface area contributed by atoms with E-state index in [2.05, 4.69) is 5.32 Å². The molecule has 1 N–H and O–H groups in total. The van der Waals surface area contributed by atoms with Crippen LogP contribution in [0.1, 0.15) is 15.9 Å². The molecule has 2 saturated heterocycles. The van der Waals surface area contributed by atoms with E-state index >= 15 is 0 Å². The maximum absolute atomic E-state index is 13.1. The van der Waals surface area contributed by atoms with Gasteiger partial charge in [0.05, 0.1) is 24.0 Å². The van der Waals surface area contributed by atoms with Crippen LogP contribution in [0.2, 0.25) is 0 Å². The second kappa shape index (κ2) is 9.62. The van der Waals surface area contributed by atoms with Crippen LogP contribution in [0, 0.1) is 6.92 Å². The second-order valence-electron chi connectivity index (χ2n) is 7.64. The number of hydrogen-bond donors (Lipinski definition) is 1. The van der Waals surface area contributed by atoms with Gasteiger partial charge in [-0.3, -0.25) is 9.59 Å². The number of ether oxygens (including phenoxy) is 1. The first-order chi connectivity index (χ1) is 15.4. The highest BCUT2D eigenvalue weighted by atomic mass is 32.2. The summed E-state index contributed by atoms with van der Waals surface area (Å²) >= 11 is 1.51. The number of anilines is 1. The molecule has 8 nitrogen and oxygen atoms in total. The number of carbonyl (C=O) groups excluding carboxylic acids is 2. The van der Waals surface area contributed by atoms with E-state index < -0.39 is 16.1 Å². The fraction of sp³-hybridized carbons (Fsp3) is 0.364. The Bertz CT molecular complexity index is 1100. The molecule has 0 radical (unpaired) electrons. The number of thioether (sulfide) groups is 1. The number of morpholine rings is 1. The second-order valence-corrected chi connectivity index (χ2v) is 10.6. The highest BCUT2D eigenvalue weighted by Crippen LogP contribution is 2.27. The third-order valence-corrected chi connectivity index (χ3v) is 8.45. The molecule has 0 unspecified atom stereocenters. The molecule has 10 heteroatoms. The molecule has 2 aromatic carbocycles. The SMILES string of the molecule is Cc1ccc(S(=O)(=O)N2CCOCC2)cc1NC(=O)[C@@H]1CSCN1C(=O)c1ccccc1. The molecule has 0 aromatic heterocycles. The molecule has 32 heavy (non-hydrogen) atoms. The maximum Gasteiger partial charge on any atom is 0.255 e. The van der Waals surface area contributed by atoms with Crippen molar-refractivity contribution in [2.24, 2.45) is 0 Å². The van der Waals surface area contributed by atoms with Gasteiger partial charge in [-0.15, -0.1) is 11.8 Å². The predicted octanol–water partition coefficient (Wildman–Crippen LogP) is 2.17. The molecule has 2 aromatic rings. The van der Waals surface area contributed by atoms with Gasteiger partial charge in [0.25, 0.3) is 5.91 Å². The molecule has 2 fully saturated rings. The Morgan fingerprint density at radius 2 is 1.81 bits per heavy atom. The van der Waals surface area contributed by atoms with Crippen LogP contribution in [0.25, 0.3) is 0 Å². The molecule has 2 aliphatic heterocycles. The van der Waals surface area contributed by atoms with Crippen LogP contribution >= 0.6 is 11.8 Å². The monoisotopic (exact) mass is 475 g/mol. The van der Waals surface area contributed by atoms with Crippen molar-refractivity contribution >= 4 is 39.3 Å². The number of rotatable bonds is 5. The third-order valence-electron chi connectivity index (χ3n) is 5.54. The minimum absolute atomic E-state index is 0.123. The van der Waals surface area contributed by atoms with E-state index in [9.17, 15) is 18.0 Å². The topological polar surface area (TPSA) is 96.0 Å². The lowest BCUT2D eigenvalue weighted by Crippen LogP contribution is -2.44. The Balaban J connectivity index is 1.53. The number of amides is 2. The first-order valence-electron chi connectivity index (χ1n) is 10.3. The van der Waals surface area contributed by atoms with Gasteiger partial charge >= 0.3 is 0 Å². The van der Waals surface area contributed by atoms with Gasteiger partial charge < -0.3 is 15.0 Å². The lowest BCUT2D eigenvalue weighted by molar-refractivity contribution is -0.119. The van der Waals surface area contributed by atoms with Gasteiger partial charge in [-0.05, 0) is 36.8 Å². The average molecular weight is 476 g/mol. The zero-order chi connectivity index (χ0) is 22.7. The van der Waals surface area contributed by atoms with E-state index in [0.29, 0.717) is 49.2 Å².